The van der Waals surface area contributed by atoms with E-state index in [1.54, 1.807) is 24.0 Å². The zero-order valence-electron chi connectivity index (χ0n) is 17.2. The molecule has 10 heteroatoms. The number of hydrogen-bond donors (Lipinski definition) is 2. The Labute approximate surface area is 179 Å². The van der Waals surface area contributed by atoms with Gasteiger partial charge in [-0.2, -0.15) is 10.2 Å². The summed E-state index contributed by atoms with van der Waals surface area (Å²) in [5, 5.41) is 14.4. The average Bonchev–Trinajstić information content (AvgIpc) is 3.51. The van der Waals surface area contributed by atoms with Gasteiger partial charge in [0.25, 0.3) is 5.91 Å². The van der Waals surface area contributed by atoms with E-state index in [1.165, 1.54) is 6.33 Å². The van der Waals surface area contributed by atoms with Crippen molar-refractivity contribution in [2.75, 3.05) is 18.4 Å². The summed E-state index contributed by atoms with van der Waals surface area (Å²) in [7, 11) is 1.76. The summed E-state index contributed by atoms with van der Waals surface area (Å²) in [6, 6.07) is 10.4. The van der Waals surface area contributed by atoms with Crippen LogP contribution in [0.15, 0.2) is 48.9 Å². The lowest BCUT2D eigenvalue weighted by atomic mass is 9.74. The molecule has 2 N–H and O–H groups in total. The molecule has 2 aromatic heterocycles. The van der Waals surface area contributed by atoms with E-state index in [1.807, 2.05) is 39.9 Å². The molecule has 0 bridgehead atoms. The number of carbonyl (C=O) groups excluding carboxylic acids is 2. The monoisotopic (exact) mass is 420 g/mol. The van der Waals surface area contributed by atoms with Crippen molar-refractivity contribution in [1.82, 2.24) is 34.8 Å². The Kier molecular flexibility index (Phi) is 4.68. The minimum Gasteiger partial charge on any atom is -0.337 e. The fourth-order valence-corrected chi connectivity index (χ4v) is 4.71. The lowest BCUT2D eigenvalue weighted by Crippen LogP contribution is -2.49. The molecule has 0 unspecified atom stereocenters. The van der Waals surface area contributed by atoms with E-state index >= 15 is 0 Å². The smallest absolute Gasteiger partial charge is 0.319 e. The number of rotatable bonds is 3. The van der Waals surface area contributed by atoms with Gasteiger partial charge in [0.15, 0.2) is 0 Å². The normalized spacial score (nSPS) is 22.4. The van der Waals surface area contributed by atoms with Crippen LogP contribution >= 0.6 is 0 Å². The molecule has 1 fully saturated rings. The predicted molar refractivity (Wildman–Crippen MR) is 112 cm³/mol. The molecule has 10 nitrogen and oxygen atoms in total. The fourth-order valence-electron chi connectivity index (χ4n) is 4.71. The van der Waals surface area contributed by atoms with Gasteiger partial charge in [-0.25, -0.2) is 14.5 Å². The number of likely N-dealkylation sites (tertiary alicyclic amines) is 1. The standard InChI is InChI=1S/C21H24N8O2/c1-27-16(7-10-23-27)19(30)28-11-8-21(13-28)9-12-29-18(22-14-24-29)17(21)26-20(31)25-15-5-3-2-4-6-15/h2-7,10,14,17H,8-9,11-13H2,1H3,(H2,25,26,31)/t17-,21-/m1/s1. The van der Waals surface area contributed by atoms with Gasteiger partial charge in [0.05, 0.1) is 6.04 Å². The Morgan fingerprint density at radius 1 is 1.10 bits per heavy atom. The summed E-state index contributed by atoms with van der Waals surface area (Å²) in [6.45, 7) is 1.87. The fraction of sp³-hybridized carbons (Fsp3) is 0.381. The molecule has 2 aliphatic rings. The van der Waals surface area contributed by atoms with E-state index in [0.717, 1.165) is 18.7 Å². The highest BCUT2D eigenvalue weighted by Crippen LogP contribution is 2.47. The zero-order chi connectivity index (χ0) is 21.4. The number of para-hydroxylation sites is 1. The average molecular weight is 420 g/mol. The van der Waals surface area contributed by atoms with Crippen LogP contribution in [0.3, 0.4) is 0 Å². The second kappa shape index (κ2) is 7.53. The van der Waals surface area contributed by atoms with Crippen LogP contribution in [-0.2, 0) is 13.6 Å². The second-order valence-corrected chi connectivity index (χ2v) is 8.17. The Balaban J connectivity index is 1.39. The molecule has 31 heavy (non-hydrogen) atoms. The number of nitrogens with one attached hydrogen (secondary N) is 2. The van der Waals surface area contributed by atoms with Crippen LogP contribution in [0.5, 0.6) is 0 Å². The molecule has 2 aliphatic heterocycles. The van der Waals surface area contributed by atoms with Crippen molar-refractivity contribution in [3.8, 4) is 0 Å². The summed E-state index contributed by atoms with van der Waals surface area (Å²) in [5.74, 6) is 0.681. The van der Waals surface area contributed by atoms with Gasteiger partial charge in [-0.15, -0.1) is 0 Å². The maximum atomic E-state index is 13.1. The Bertz CT molecular complexity index is 1110. The summed E-state index contributed by atoms with van der Waals surface area (Å²) >= 11 is 0. The van der Waals surface area contributed by atoms with Crippen LogP contribution in [0, 0.1) is 5.41 Å². The van der Waals surface area contributed by atoms with Crippen LogP contribution in [0.2, 0.25) is 0 Å². The van der Waals surface area contributed by atoms with Gasteiger partial charge in [0.1, 0.15) is 17.8 Å². The van der Waals surface area contributed by atoms with Crippen LogP contribution in [0.25, 0.3) is 0 Å². The molecule has 0 saturated carbocycles. The van der Waals surface area contributed by atoms with Crippen molar-refractivity contribution in [3.63, 3.8) is 0 Å². The molecule has 4 heterocycles. The van der Waals surface area contributed by atoms with Crippen LogP contribution in [0.4, 0.5) is 10.5 Å². The van der Waals surface area contributed by atoms with Gasteiger partial charge in [-0.1, -0.05) is 18.2 Å². The molecule has 3 amide bonds. The first-order valence-electron chi connectivity index (χ1n) is 10.3. The summed E-state index contributed by atoms with van der Waals surface area (Å²) < 4.78 is 3.43. The first kappa shape index (κ1) is 19.3. The Morgan fingerprint density at radius 2 is 1.90 bits per heavy atom. The van der Waals surface area contributed by atoms with Crippen molar-refractivity contribution in [2.24, 2.45) is 12.5 Å². The van der Waals surface area contributed by atoms with Gasteiger partial charge >= 0.3 is 6.03 Å². The summed E-state index contributed by atoms with van der Waals surface area (Å²) in [4.78, 5) is 32.2. The van der Waals surface area contributed by atoms with E-state index < -0.39 is 0 Å². The predicted octanol–water partition coefficient (Wildman–Crippen LogP) is 1.81. The number of urea groups is 1. The van der Waals surface area contributed by atoms with Gasteiger partial charge in [-0.3, -0.25) is 9.48 Å². The lowest BCUT2D eigenvalue weighted by Gasteiger charge is -2.40. The van der Waals surface area contributed by atoms with E-state index in [9.17, 15) is 9.59 Å². The highest BCUT2D eigenvalue weighted by molar-refractivity contribution is 5.93. The van der Waals surface area contributed by atoms with Gasteiger partial charge in [0.2, 0.25) is 0 Å². The van der Waals surface area contributed by atoms with Crippen molar-refractivity contribution in [3.05, 3.63) is 60.4 Å². The summed E-state index contributed by atoms with van der Waals surface area (Å²) in [5.41, 5.74) is 0.971. The molecule has 3 aromatic rings. The Morgan fingerprint density at radius 3 is 2.68 bits per heavy atom. The maximum Gasteiger partial charge on any atom is 0.319 e. The maximum absolute atomic E-state index is 13.1. The molecule has 2 atom stereocenters. The van der Waals surface area contributed by atoms with Crippen molar-refractivity contribution >= 4 is 17.6 Å². The molecular formula is C21H24N8O2. The van der Waals surface area contributed by atoms with Crippen molar-refractivity contribution in [1.29, 1.82) is 0 Å². The first-order valence-corrected chi connectivity index (χ1v) is 10.3. The zero-order valence-corrected chi connectivity index (χ0v) is 17.2. The van der Waals surface area contributed by atoms with Gasteiger partial charge in [-0.05, 0) is 31.0 Å². The molecule has 1 saturated heterocycles. The largest absolute Gasteiger partial charge is 0.337 e. The topological polar surface area (TPSA) is 110 Å². The molecule has 0 aliphatic carbocycles. The molecule has 1 spiro atoms. The molecule has 5 rings (SSSR count). The number of carbonyl (C=O) groups is 2. The number of amides is 3. The van der Waals surface area contributed by atoms with Crippen LogP contribution < -0.4 is 10.6 Å². The van der Waals surface area contributed by atoms with E-state index in [-0.39, 0.29) is 23.4 Å². The van der Waals surface area contributed by atoms with E-state index in [4.69, 9.17) is 0 Å². The molecule has 160 valence electrons. The third-order valence-electron chi connectivity index (χ3n) is 6.36. The minimum atomic E-state index is -0.350. The van der Waals surface area contributed by atoms with E-state index in [0.29, 0.717) is 31.0 Å². The van der Waals surface area contributed by atoms with Crippen molar-refractivity contribution in [2.45, 2.75) is 25.4 Å². The number of aromatic nitrogens is 5. The van der Waals surface area contributed by atoms with E-state index in [2.05, 4.69) is 25.8 Å². The molecular weight excluding hydrogens is 396 g/mol. The SMILES string of the molecule is Cn1nccc1C(=O)N1CC[C@@]2(CCn3ncnc3[C@H]2NC(=O)Nc2ccccc2)C1. The molecule has 1 aromatic carbocycles. The first-order chi connectivity index (χ1) is 15.1. The molecule has 0 radical (unpaired) electrons. The minimum absolute atomic E-state index is 0.0450. The third-order valence-corrected chi connectivity index (χ3v) is 6.36. The number of benzene rings is 1. The van der Waals surface area contributed by atoms with Gasteiger partial charge < -0.3 is 15.5 Å². The quantitative estimate of drug-likeness (QED) is 0.672. The second-order valence-electron chi connectivity index (χ2n) is 8.17. The number of hydrogen-bond acceptors (Lipinski definition) is 5. The van der Waals surface area contributed by atoms with Gasteiger partial charge in [0, 0.05) is 44.0 Å². The number of fused-ring (bicyclic) bond motifs is 1. The van der Waals surface area contributed by atoms with Crippen LogP contribution in [-0.4, -0.2) is 54.5 Å². The summed E-state index contributed by atoms with van der Waals surface area (Å²) in [6.07, 6.45) is 4.72. The third kappa shape index (κ3) is 3.43. The Hall–Kier alpha value is -3.69. The van der Waals surface area contributed by atoms with Crippen molar-refractivity contribution < 1.29 is 9.59 Å². The highest BCUT2D eigenvalue weighted by atomic mass is 16.2. The number of anilines is 1. The number of aryl methyl sites for hydroxylation is 2. The number of nitrogens with zero attached hydrogens (tertiary/aromatic N) is 6. The highest BCUT2D eigenvalue weighted by Gasteiger charge is 2.51. The lowest BCUT2D eigenvalue weighted by molar-refractivity contribution is 0.0724. The van der Waals surface area contributed by atoms with Crippen LogP contribution in [0.1, 0.15) is 35.2 Å².